The van der Waals surface area contributed by atoms with E-state index in [0.29, 0.717) is 29.7 Å². The summed E-state index contributed by atoms with van der Waals surface area (Å²) in [5.41, 5.74) is 0.0916. The molecular formula is C22H21F3N4O2S. The van der Waals surface area contributed by atoms with Gasteiger partial charge in [0.15, 0.2) is 4.77 Å². The van der Waals surface area contributed by atoms with Crippen molar-refractivity contribution in [1.82, 2.24) is 9.55 Å². The number of anilines is 2. The van der Waals surface area contributed by atoms with Gasteiger partial charge in [-0.2, -0.15) is 13.2 Å². The van der Waals surface area contributed by atoms with Crippen LogP contribution in [-0.2, 0) is 13.2 Å². The first-order valence-corrected chi connectivity index (χ1v) is 10.6. The van der Waals surface area contributed by atoms with Crippen molar-refractivity contribution < 1.29 is 18.0 Å². The third kappa shape index (κ3) is 4.27. The molecule has 0 bridgehead atoms. The molecule has 0 unspecified atom stereocenters. The number of aromatic amines is 1. The first-order valence-electron chi connectivity index (χ1n) is 10.2. The average molecular weight is 462 g/mol. The Morgan fingerprint density at radius 1 is 1.09 bits per heavy atom. The van der Waals surface area contributed by atoms with Gasteiger partial charge >= 0.3 is 6.18 Å². The fourth-order valence-electron chi connectivity index (χ4n) is 3.86. The monoisotopic (exact) mass is 462 g/mol. The molecule has 1 saturated heterocycles. The van der Waals surface area contributed by atoms with Crippen LogP contribution in [0.25, 0.3) is 10.9 Å². The number of hydrogen-bond donors (Lipinski definition) is 2. The number of nitrogens with zero attached hydrogens (tertiary/aromatic N) is 2. The number of halogens is 3. The lowest BCUT2D eigenvalue weighted by molar-refractivity contribution is -0.137. The molecule has 1 aliphatic rings. The molecule has 0 atom stereocenters. The van der Waals surface area contributed by atoms with Crippen molar-refractivity contribution in [2.24, 2.45) is 7.05 Å². The minimum Gasteiger partial charge on any atom is -0.370 e. The Hall–Kier alpha value is -3.14. The summed E-state index contributed by atoms with van der Waals surface area (Å²) in [6, 6.07) is 7.83. The number of carbonyl (C=O) groups excluding carboxylic acids is 1. The number of fused-ring (bicyclic) bond motifs is 1. The maximum atomic E-state index is 13.3. The molecule has 0 aliphatic carbocycles. The van der Waals surface area contributed by atoms with E-state index < -0.39 is 17.6 Å². The van der Waals surface area contributed by atoms with Gasteiger partial charge in [0.2, 0.25) is 0 Å². The van der Waals surface area contributed by atoms with Gasteiger partial charge in [0.1, 0.15) is 0 Å². The molecular weight excluding hydrogens is 441 g/mol. The molecule has 1 fully saturated rings. The van der Waals surface area contributed by atoms with E-state index in [9.17, 15) is 22.8 Å². The van der Waals surface area contributed by atoms with Crippen LogP contribution in [0.3, 0.4) is 0 Å². The van der Waals surface area contributed by atoms with Gasteiger partial charge in [0.05, 0.1) is 27.8 Å². The summed E-state index contributed by atoms with van der Waals surface area (Å²) in [6.45, 7) is 1.42. The van der Waals surface area contributed by atoms with Gasteiger partial charge in [0, 0.05) is 25.7 Å². The zero-order chi connectivity index (χ0) is 23.0. The van der Waals surface area contributed by atoms with Gasteiger partial charge in [-0.25, -0.2) is 0 Å². The van der Waals surface area contributed by atoms with Crippen molar-refractivity contribution in [2.75, 3.05) is 23.3 Å². The molecule has 6 nitrogen and oxygen atoms in total. The van der Waals surface area contributed by atoms with Crippen LogP contribution < -0.4 is 15.8 Å². The Morgan fingerprint density at radius 3 is 2.50 bits per heavy atom. The van der Waals surface area contributed by atoms with Gasteiger partial charge in [-0.15, -0.1) is 0 Å². The maximum absolute atomic E-state index is 13.3. The van der Waals surface area contributed by atoms with Crippen LogP contribution in [0.4, 0.5) is 24.5 Å². The normalized spacial score (nSPS) is 14.6. The van der Waals surface area contributed by atoms with Crippen LogP contribution in [0, 0.1) is 4.77 Å². The molecule has 1 amide bonds. The third-order valence-corrected chi connectivity index (χ3v) is 6.01. The maximum Gasteiger partial charge on any atom is 0.416 e. The van der Waals surface area contributed by atoms with E-state index >= 15 is 0 Å². The highest BCUT2D eigenvalue weighted by molar-refractivity contribution is 7.71. The molecule has 168 valence electrons. The standard InChI is InChI=1S/C22H21F3N4O2S/c1-28-20(31)15-7-5-13(11-16(15)27-21(28)32)19(30)26-17-12-14(22(23,24)25)6-8-18(17)29-9-3-2-4-10-29/h5-8,11-12H,2-4,9-10H2,1H3,(H,26,30)(H,27,32). The predicted octanol–water partition coefficient (Wildman–Crippen LogP) is 4.86. The summed E-state index contributed by atoms with van der Waals surface area (Å²) in [7, 11) is 1.54. The summed E-state index contributed by atoms with van der Waals surface area (Å²) in [6.07, 6.45) is -1.59. The van der Waals surface area contributed by atoms with Crippen LogP contribution in [0.2, 0.25) is 0 Å². The van der Waals surface area contributed by atoms with Gasteiger partial charge in [-0.05, 0) is 67.9 Å². The van der Waals surface area contributed by atoms with Crippen LogP contribution in [0.1, 0.15) is 35.2 Å². The Bertz CT molecular complexity index is 1310. The molecule has 2 aromatic carbocycles. The highest BCUT2D eigenvalue weighted by atomic mass is 32.1. The highest BCUT2D eigenvalue weighted by Crippen LogP contribution is 2.36. The average Bonchev–Trinajstić information content (AvgIpc) is 2.77. The van der Waals surface area contributed by atoms with Crippen molar-refractivity contribution in [1.29, 1.82) is 0 Å². The van der Waals surface area contributed by atoms with Gasteiger partial charge in [-0.3, -0.25) is 14.2 Å². The molecule has 0 saturated carbocycles. The minimum atomic E-state index is -4.53. The quantitative estimate of drug-likeness (QED) is 0.546. The van der Waals surface area contributed by atoms with Gasteiger partial charge in [0.25, 0.3) is 11.5 Å². The van der Waals surface area contributed by atoms with Crippen molar-refractivity contribution in [3.8, 4) is 0 Å². The number of amides is 1. The van der Waals surface area contributed by atoms with E-state index in [2.05, 4.69) is 10.3 Å². The van der Waals surface area contributed by atoms with E-state index in [1.165, 1.54) is 35.9 Å². The highest BCUT2D eigenvalue weighted by Gasteiger charge is 2.32. The molecule has 3 aromatic rings. The van der Waals surface area contributed by atoms with E-state index in [0.717, 1.165) is 31.4 Å². The van der Waals surface area contributed by atoms with E-state index in [1.54, 1.807) is 0 Å². The van der Waals surface area contributed by atoms with Crippen molar-refractivity contribution in [2.45, 2.75) is 25.4 Å². The molecule has 0 radical (unpaired) electrons. The molecule has 0 spiro atoms. The van der Waals surface area contributed by atoms with E-state index in [-0.39, 0.29) is 21.6 Å². The summed E-state index contributed by atoms with van der Waals surface area (Å²) in [4.78, 5) is 30.2. The topological polar surface area (TPSA) is 70.1 Å². The largest absolute Gasteiger partial charge is 0.416 e. The first kappa shape index (κ1) is 22.1. The lowest BCUT2D eigenvalue weighted by atomic mass is 10.1. The number of alkyl halides is 3. The molecule has 1 aromatic heterocycles. The summed E-state index contributed by atoms with van der Waals surface area (Å²) in [5, 5.41) is 2.99. The Kier molecular flexibility index (Phi) is 5.81. The van der Waals surface area contributed by atoms with Crippen molar-refractivity contribution >= 4 is 40.4 Å². The smallest absolute Gasteiger partial charge is 0.370 e. The number of benzene rings is 2. The zero-order valence-electron chi connectivity index (χ0n) is 17.3. The second-order valence-corrected chi connectivity index (χ2v) is 8.17. The number of H-pyrrole nitrogens is 1. The second kappa shape index (κ2) is 8.42. The molecule has 32 heavy (non-hydrogen) atoms. The fraction of sp³-hybridized carbons (Fsp3) is 0.318. The number of carbonyl (C=O) groups is 1. The summed E-state index contributed by atoms with van der Waals surface area (Å²) < 4.78 is 41.4. The molecule has 4 rings (SSSR count). The molecule has 2 heterocycles. The summed E-state index contributed by atoms with van der Waals surface area (Å²) >= 11 is 5.12. The summed E-state index contributed by atoms with van der Waals surface area (Å²) in [5.74, 6) is -0.579. The van der Waals surface area contributed by atoms with Crippen LogP contribution in [-0.4, -0.2) is 28.5 Å². The molecule has 1 aliphatic heterocycles. The number of piperidine rings is 1. The van der Waals surface area contributed by atoms with Gasteiger partial charge in [-0.1, -0.05) is 0 Å². The van der Waals surface area contributed by atoms with Crippen molar-refractivity contribution in [3.63, 3.8) is 0 Å². The lowest BCUT2D eigenvalue weighted by Crippen LogP contribution is -2.30. The molecule has 10 heteroatoms. The predicted molar refractivity (Wildman–Crippen MR) is 120 cm³/mol. The number of rotatable bonds is 3. The lowest BCUT2D eigenvalue weighted by Gasteiger charge is -2.31. The Balaban J connectivity index is 1.72. The second-order valence-electron chi connectivity index (χ2n) is 7.79. The number of nitrogens with one attached hydrogen (secondary N) is 2. The van der Waals surface area contributed by atoms with Crippen LogP contribution in [0.15, 0.2) is 41.2 Å². The minimum absolute atomic E-state index is 0.101. The fourth-order valence-corrected chi connectivity index (χ4v) is 4.06. The molecule has 2 N–H and O–H groups in total. The number of aromatic nitrogens is 2. The van der Waals surface area contributed by atoms with Gasteiger partial charge < -0.3 is 15.2 Å². The third-order valence-electron chi connectivity index (χ3n) is 5.63. The van der Waals surface area contributed by atoms with Crippen molar-refractivity contribution in [3.05, 3.63) is 62.6 Å². The van der Waals surface area contributed by atoms with E-state index in [4.69, 9.17) is 12.2 Å². The van der Waals surface area contributed by atoms with E-state index in [1.807, 2.05) is 4.90 Å². The number of hydrogen-bond acceptors (Lipinski definition) is 4. The Morgan fingerprint density at radius 2 is 1.81 bits per heavy atom. The Labute approximate surface area is 186 Å². The first-order chi connectivity index (χ1) is 15.1. The SMILES string of the molecule is Cn1c(=S)[nH]c2cc(C(=O)Nc3cc(C(F)(F)F)ccc3N3CCCCC3)ccc2c1=O. The van der Waals surface area contributed by atoms with Crippen LogP contribution >= 0.6 is 12.2 Å². The van der Waals surface area contributed by atoms with Crippen LogP contribution in [0.5, 0.6) is 0 Å². The zero-order valence-corrected chi connectivity index (χ0v) is 18.1.